The van der Waals surface area contributed by atoms with Gasteiger partial charge >= 0.3 is 0 Å². The number of amides is 2. The second-order valence-electron chi connectivity index (χ2n) is 7.58. The van der Waals surface area contributed by atoms with Crippen LogP contribution in [0.15, 0.2) is 12.1 Å². The number of ether oxygens (including phenoxy) is 2. The number of nitrogens with zero attached hydrogens (tertiary/aromatic N) is 1. The maximum atomic E-state index is 13.0. The molecule has 0 aromatic heterocycles. The van der Waals surface area contributed by atoms with Crippen molar-refractivity contribution in [2.45, 2.75) is 40.0 Å². The summed E-state index contributed by atoms with van der Waals surface area (Å²) in [7, 11) is 1.52. The Hall–Kier alpha value is -1.95. The molecule has 1 aliphatic heterocycles. The van der Waals surface area contributed by atoms with E-state index in [4.69, 9.17) is 21.1 Å². The monoisotopic (exact) mass is 410 g/mol. The van der Waals surface area contributed by atoms with E-state index in [1.165, 1.54) is 7.11 Å². The van der Waals surface area contributed by atoms with Crippen LogP contribution in [0.3, 0.4) is 0 Å². The average molecular weight is 411 g/mol. The van der Waals surface area contributed by atoms with E-state index in [0.717, 1.165) is 19.3 Å². The van der Waals surface area contributed by atoms with Crippen LogP contribution in [0.1, 0.15) is 50.4 Å². The van der Waals surface area contributed by atoms with Gasteiger partial charge in [-0.2, -0.15) is 0 Å². The van der Waals surface area contributed by atoms with Crippen molar-refractivity contribution < 1.29 is 19.1 Å². The highest BCUT2D eigenvalue weighted by Gasteiger charge is 2.29. The molecule has 6 nitrogen and oxygen atoms in total. The molecular weight excluding hydrogens is 380 g/mol. The lowest BCUT2D eigenvalue weighted by atomic mass is 9.96. The second-order valence-corrected chi connectivity index (χ2v) is 7.98. The summed E-state index contributed by atoms with van der Waals surface area (Å²) in [6.07, 6.45) is 2.49. The fourth-order valence-corrected chi connectivity index (χ4v) is 3.45. The minimum absolute atomic E-state index is 0.0207. The molecule has 1 saturated heterocycles. The molecule has 2 amide bonds. The van der Waals surface area contributed by atoms with Gasteiger partial charge in [-0.1, -0.05) is 32.4 Å². The molecule has 1 atom stereocenters. The highest BCUT2D eigenvalue weighted by molar-refractivity contribution is 6.32. The number of hydrogen-bond acceptors (Lipinski definition) is 4. The van der Waals surface area contributed by atoms with E-state index in [9.17, 15) is 9.59 Å². The smallest absolute Gasteiger partial charge is 0.254 e. The molecule has 0 saturated carbocycles. The van der Waals surface area contributed by atoms with Gasteiger partial charge in [0.15, 0.2) is 11.5 Å². The Morgan fingerprint density at radius 2 is 2.11 bits per heavy atom. The SMILES string of the molecule is CCCNC(=O)C1CCCN(C(=O)c2cc(Cl)c(OCC(C)C)c(OC)c2)C1. The van der Waals surface area contributed by atoms with E-state index >= 15 is 0 Å². The highest BCUT2D eigenvalue weighted by atomic mass is 35.5. The molecule has 28 heavy (non-hydrogen) atoms. The van der Waals surface area contributed by atoms with E-state index in [1.807, 2.05) is 20.8 Å². The number of likely N-dealkylation sites (tertiary alicyclic amines) is 1. The minimum Gasteiger partial charge on any atom is -0.493 e. The Morgan fingerprint density at radius 3 is 2.75 bits per heavy atom. The molecule has 1 aliphatic rings. The Bertz CT molecular complexity index is 693. The molecule has 156 valence electrons. The fraction of sp³-hybridized carbons (Fsp3) is 0.619. The molecule has 1 heterocycles. The van der Waals surface area contributed by atoms with Gasteiger partial charge in [0.2, 0.25) is 5.91 Å². The summed E-state index contributed by atoms with van der Waals surface area (Å²) in [6.45, 7) is 8.31. The highest BCUT2D eigenvalue weighted by Crippen LogP contribution is 2.37. The number of carbonyl (C=O) groups is 2. The van der Waals surface area contributed by atoms with Gasteiger partial charge in [0.05, 0.1) is 24.7 Å². The molecule has 1 aromatic rings. The Morgan fingerprint density at radius 1 is 1.36 bits per heavy atom. The number of methoxy groups -OCH3 is 1. The number of piperidine rings is 1. The maximum Gasteiger partial charge on any atom is 0.254 e. The molecule has 1 unspecified atom stereocenters. The molecule has 7 heteroatoms. The summed E-state index contributed by atoms with van der Waals surface area (Å²) in [4.78, 5) is 27.0. The topological polar surface area (TPSA) is 67.9 Å². The fourth-order valence-electron chi connectivity index (χ4n) is 3.18. The summed E-state index contributed by atoms with van der Waals surface area (Å²) in [5.74, 6) is 0.924. The molecule has 0 aliphatic carbocycles. The van der Waals surface area contributed by atoms with E-state index < -0.39 is 0 Å². The molecule has 0 radical (unpaired) electrons. The van der Waals surface area contributed by atoms with Gasteiger partial charge in [-0.05, 0) is 37.3 Å². The molecule has 1 N–H and O–H groups in total. The van der Waals surface area contributed by atoms with E-state index in [1.54, 1.807) is 17.0 Å². The zero-order valence-corrected chi connectivity index (χ0v) is 18.0. The van der Waals surface area contributed by atoms with Crippen LogP contribution in [0.4, 0.5) is 0 Å². The summed E-state index contributed by atoms with van der Waals surface area (Å²) in [5, 5.41) is 3.27. The Balaban J connectivity index is 2.14. The van der Waals surface area contributed by atoms with E-state index in [2.05, 4.69) is 5.32 Å². The van der Waals surface area contributed by atoms with Crippen molar-refractivity contribution in [3.63, 3.8) is 0 Å². The zero-order valence-electron chi connectivity index (χ0n) is 17.2. The summed E-state index contributed by atoms with van der Waals surface area (Å²) in [5.41, 5.74) is 0.438. The normalized spacial score (nSPS) is 16.8. The maximum absolute atomic E-state index is 13.0. The van der Waals surface area contributed by atoms with Crippen LogP contribution in [-0.2, 0) is 4.79 Å². The van der Waals surface area contributed by atoms with Crippen LogP contribution in [0.2, 0.25) is 5.02 Å². The van der Waals surface area contributed by atoms with Crippen molar-refractivity contribution in [3.8, 4) is 11.5 Å². The summed E-state index contributed by atoms with van der Waals surface area (Å²) < 4.78 is 11.1. The molecular formula is C21H31ClN2O4. The van der Waals surface area contributed by atoms with Gasteiger partial charge in [-0.25, -0.2) is 0 Å². The predicted molar refractivity (Wildman–Crippen MR) is 110 cm³/mol. The van der Waals surface area contributed by atoms with Gasteiger partial charge < -0.3 is 19.7 Å². The van der Waals surface area contributed by atoms with Crippen molar-refractivity contribution in [2.75, 3.05) is 33.4 Å². The van der Waals surface area contributed by atoms with Gasteiger partial charge in [0, 0.05) is 25.2 Å². The largest absolute Gasteiger partial charge is 0.493 e. The molecule has 1 fully saturated rings. The number of halogens is 1. The predicted octanol–water partition coefficient (Wildman–Crippen LogP) is 3.76. The minimum atomic E-state index is -0.171. The number of hydrogen-bond donors (Lipinski definition) is 1. The van der Waals surface area contributed by atoms with Gasteiger partial charge in [-0.15, -0.1) is 0 Å². The van der Waals surface area contributed by atoms with E-state index in [-0.39, 0.29) is 17.7 Å². The first-order valence-corrected chi connectivity index (χ1v) is 10.3. The standard InChI is InChI=1S/C21H31ClN2O4/c1-5-8-23-20(25)15-7-6-9-24(12-15)21(26)16-10-17(22)19(18(11-16)27-4)28-13-14(2)3/h10-11,14-15H,5-9,12-13H2,1-4H3,(H,23,25). The van der Waals surface area contributed by atoms with Crippen molar-refractivity contribution in [1.82, 2.24) is 10.2 Å². The third kappa shape index (κ3) is 5.77. The lowest BCUT2D eigenvalue weighted by molar-refractivity contribution is -0.126. The Labute approximate surface area is 172 Å². The average Bonchev–Trinajstić information content (AvgIpc) is 2.69. The van der Waals surface area contributed by atoms with Crippen LogP contribution in [0.5, 0.6) is 11.5 Å². The van der Waals surface area contributed by atoms with Gasteiger partial charge in [0.25, 0.3) is 5.91 Å². The quantitative estimate of drug-likeness (QED) is 0.708. The third-order valence-electron chi connectivity index (χ3n) is 4.67. The Kier molecular flexibility index (Phi) is 8.42. The van der Waals surface area contributed by atoms with Crippen LogP contribution in [0, 0.1) is 11.8 Å². The lowest BCUT2D eigenvalue weighted by Crippen LogP contribution is -2.45. The number of nitrogens with one attached hydrogen (secondary N) is 1. The van der Waals surface area contributed by atoms with E-state index in [0.29, 0.717) is 54.2 Å². The first kappa shape index (κ1) is 22.3. The van der Waals surface area contributed by atoms with Crippen LogP contribution in [-0.4, -0.2) is 50.1 Å². The molecule has 0 bridgehead atoms. The van der Waals surface area contributed by atoms with Crippen molar-refractivity contribution in [2.24, 2.45) is 11.8 Å². The lowest BCUT2D eigenvalue weighted by Gasteiger charge is -2.32. The van der Waals surface area contributed by atoms with Crippen LogP contribution >= 0.6 is 11.6 Å². The summed E-state index contributed by atoms with van der Waals surface area (Å²) in [6, 6.07) is 3.27. The van der Waals surface area contributed by atoms with Crippen molar-refractivity contribution in [3.05, 3.63) is 22.7 Å². The third-order valence-corrected chi connectivity index (χ3v) is 4.95. The zero-order chi connectivity index (χ0) is 20.7. The van der Waals surface area contributed by atoms with Crippen LogP contribution in [0.25, 0.3) is 0 Å². The molecule has 2 rings (SSSR count). The molecule has 0 spiro atoms. The molecule has 1 aromatic carbocycles. The number of carbonyl (C=O) groups excluding carboxylic acids is 2. The second kappa shape index (κ2) is 10.6. The first-order chi connectivity index (χ1) is 13.4. The van der Waals surface area contributed by atoms with Crippen molar-refractivity contribution >= 4 is 23.4 Å². The number of benzene rings is 1. The van der Waals surface area contributed by atoms with Gasteiger partial charge in [0.1, 0.15) is 0 Å². The first-order valence-electron chi connectivity index (χ1n) is 9.94. The van der Waals surface area contributed by atoms with Crippen LogP contribution < -0.4 is 14.8 Å². The van der Waals surface area contributed by atoms with Gasteiger partial charge in [-0.3, -0.25) is 9.59 Å². The summed E-state index contributed by atoms with van der Waals surface area (Å²) >= 11 is 6.38. The van der Waals surface area contributed by atoms with Crippen molar-refractivity contribution in [1.29, 1.82) is 0 Å². The number of rotatable bonds is 8.